The zero-order chi connectivity index (χ0) is 16.8. The molecule has 0 amide bonds. The molecule has 24 heavy (non-hydrogen) atoms. The van der Waals surface area contributed by atoms with Crippen molar-refractivity contribution in [3.63, 3.8) is 0 Å². The summed E-state index contributed by atoms with van der Waals surface area (Å²) in [4.78, 5) is 0. The van der Waals surface area contributed by atoms with Crippen LogP contribution in [0.2, 0.25) is 0 Å². The minimum atomic E-state index is 0. The molecule has 0 atom stereocenters. The Hall–Kier alpha value is 0.250. The van der Waals surface area contributed by atoms with Gasteiger partial charge in [0.25, 0.3) is 0 Å². The minimum absolute atomic E-state index is 0. The van der Waals surface area contributed by atoms with Crippen LogP contribution < -0.4 is 6.15 Å². The summed E-state index contributed by atoms with van der Waals surface area (Å²) in [7, 11) is 0. The molecule has 0 aliphatic heterocycles. The summed E-state index contributed by atoms with van der Waals surface area (Å²) in [6.07, 6.45) is 24.5. The van der Waals surface area contributed by atoms with E-state index in [4.69, 9.17) is 11.6 Å². The molecule has 1 aliphatic rings. The van der Waals surface area contributed by atoms with Gasteiger partial charge in [0.05, 0.1) is 0 Å². The summed E-state index contributed by atoms with van der Waals surface area (Å²) in [5, 5.41) is 0. The highest BCUT2D eigenvalue weighted by Gasteiger charge is 2.35. The maximum absolute atomic E-state index is 5.72. The van der Waals surface area contributed by atoms with Crippen LogP contribution in [0.25, 0.3) is 0 Å². The molecule has 0 saturated heterocycles. The molecule has 3 N–H and O–H groups in total. The van der Waals surface area contributed by atoms with E-state index in [2.05, 4.69) is 13.8 Å². The Labute approximate surface area is 158 Å². The van der Waals surface area contributed by atoms with Crippen LogP contribution in [0.15, 0.2) is 0 Å². The van der Waals surface area contributed by atoms with Gasteiger partial charge in [-0.25, -0.2) is 0 Å². The first-order chi connectivity index (χ1) is 11.3. The first-order valence-corrected chi connectivity index (χ1v) is 11.4. The molecule has 1 rings (SSSR count). The quantitative estimate of drug-likeness (QED) is 0.244. The SMILES string of the molecule is CCC(CC)(CCCCCCCCCCCCl)C1CCCCC1.N. The molecule has 0 aromatic carbocycles. The summed E-state index contributed by atoms with van der Waals surface area (Å²) in [5.74, 6) is 1.88. The van der Waals surface area contributed by atoms with Crippen LogP contribution in [0.1, 0.15) is 123 Å². The number of rotatable bonds is 14. The molecule has 0 heterocycles. The third kappa shape index (κ3) is 9.09. The summed E-state index contributed by atoms with van der Waals surface area (Å²) >= 11 is 5.72. The zero-order valence-corrected chi connectivity index (χ0v) is 17.6. The predicted molar refractivity (Wildman–Crippen MR) is 112 cm³/mol. The summed E-state index contributed by atoms with van der Waals surface area (Å²) in [6.45, 7) is 4.91. The Morgan fingerprint density at radius 1 is 0.708 bits per heavy atom. The van der Waals surface area contributed by atoms with Gasteiger partial charge in [-0.2, -0.15) is 0 Å². The Morgan fingerprint density at radius 3 is 1.62 bits per heavy atom. The van der Waals surface area contributed by atoms with E-state index in [9.17, 15) is 0 Å². The van der Waals surface area contributed by atoms with Crippen LogP contribution in [-0.4, -0.2) is 5.88 Å². The Kier molecular flexibility index (Phi) is 15.7. The van der Waals surface area contributed by atoms with E-state index in [1.165, 1.54) is 109 Å². The maximum Gasteiger partial charge on any atom is 0.0223 e. The van der Waals surface area contributed by atoms with E-state index in [-0.39, 0.29) is 6.15 Å². The Bertz CT molecular complexity index is 257. The van der Waals surface area contributed by atoms with Crippen molar-refractivity contribution in [2.45, 2.75) is 123 Å². The molecule has 0 aromatic rings. The summed E-state index contributed by atoms with van der Waals surface area (Å²) in [5.41, 5.74) is 0.683. The Morgan fingerprint density at radius 2 is 1.17 bits per heavy atom. The number of hydrogen-bond donors (Lipinski definition) is 1. The molecule has 0 unspecified atom stereocenters. The van der Waals surface area contributed by atoms with Gasteiger partial charge in [-0.15, -0.1) is 11.6 Å². The zero-order valence-electron chi connectivity index (χ0n) is 16.9. The van der Waals surface area contributed by atoms with E-state index in [0.29, 0.717) is 5.41 Å². The minimum Gasteiger partial charge on any atom is -0.344 e. The predicted octanol–water partition coefficient (Wildman–Crippen LogP) is 8.67. The van der Waals surface area contributed by atoms with Crippen molar-refractivity contribution in [1.29, 1.82) is 0 Å². The fourth-order valence-electron chi connectivity index (χ4n) is 4.91. The van der Waals surface area contributed by atoms with Gasteiger partial charge in [-0.05, 0) is 37.0 Å². The highest BCUT2D eigenvalue weighted by Crippen LogP contribution is 2.47. The molecule has 146 valence electrons. The average Bonchev–Trinajstić information content (AvgIpc) is 2.61. The van der Waals surface area contributed by atoms with Gasteiger partial charge in [0.15, 0.2) is 0 Å². The second-order valence-corrected chi connectivity index (χ2v) is 8.40. The molecule has 0 bridgehead atoms. The van der Waals surface area contributed by atoms with Gasteiger partial charge in [-0.3, -0.25) is 0 Å². The van der Waals surface area contributed by atoms with E-state index in [0.717, 1.165) is 11.8 Å². The lowest BCUT2D eigenvalue weighted by Gasteiger charge is -2.42. The number of hydrogen-bond acceptors (Lipinski definition) is 1. The topological polar surface area (TPSA) is 35.0 Å². The largest absolute Gasteiger partial charge is 0.344 e. The van der Waals surface area contributed by atoms with E-state index in [1.807, 2.05) is 0 Å². The lowest BCUT2D eigenvalue weighted by molar-refractivity contribution is 0.0888. The highest BCUT2D eigenvalue weighted by atomic mass is 35.5. The van der Waals surface area contributed by atoms with Crippen LogP contribution in [0, 0.1) is 11.3 Å². The molecule has 1 fully saturated rings. The molecule has 0 spiro atoms. The van der Waals surface area contributed by atoms with E-state index >= 15 is 0 Å². The lowest BCUT2D eigenvalue weighted by Crippen LogP contribution is -2.31. The van der Waals surface area contributed by atoms with Gasteiger partial charge in [0.1, 0.15) is 0 Å². The van der Waals surface area contributed by atoms with E-state index in [1.54, 1.807) is 0 Å². The summed E-state index contributed by atoms with van der Waals surface area (Å²) < 4.78 is 0. The third-order valence-electron chi connectivity index (χ3n) is 6.69. The van der Waals surface area contributed by atoms with Crippen molar-refractivity contribution in [1.82, 2.24) is 6.15 Å². The van der Waals surface area contributed by atoms with Gasteiger partial charge < -0.3 is 6.15 Å². The van der Waals surface area contributed by atoms with Crippen molar-refractivity contribution >= 4 is 11.6 Å². The third-order valence-corrected chi connectivity index (χ3v) is 6.96. The fraction of sp³-hybridized carbons (Fsp3) is 1.00. The lowest BCUT2D eigenvalue weighted by atomic mass is 9.63. The second kappa shape index (κ2) is 15.5. The van der Waals surface area contributed by atoms with Gasteiger partial charge >= 0.3 is 0 Å². The highest BCUT2D eigenvalue weighted by molar-refractivity contribution is 6.17. The average molecular weight is 360 g/mol. The Balaban J connectivity index is 0.00000529. The molecule has 1 nitrogen and oxygen atoms in total. The van der Waals surface area contributed by atoms with Crippen molar-refractivity contribution in [3.8, 4) is 0 Å². The van der Waals surface area contributed by atoms with Gasteiger partial charge in [0, 0.05) is 5.88 Å². The van der Waals surface area contributed by atoms with Crippen molar-refractivity contribution in [2.24, 2.45) is 11.3 Å². The van der Waals surface area contributed by atoms with Crippen LogP contribution in [-0.2, 0) is 0 Å². The fourth-order valence-corrected chi connectivity index (χ4v) is 5.10. The standard InChI is InChI=1S/C22H43Cl.H3N/c1-3-22(4-2,21-17-13-12-14-18-21)19-15-10-8-6-5-7-9-11-16-20-23;/h21H,3-20H2,1-2H3;1H3. The first kappa shape index (κ1) is 24.2. The monoisotopic (exact) mass is 359 g/mol. The molecule has 1 saturated carbocycles. The number of unbranched alkanes of at least 4 members (excludes halogenated alkanes) is 8. The van der Waals surface area contributed by atoms with Crippen LogP contribution in [0.4, 0.5) is 0 Å². The number of alkyl halides is 1. The van der Waals surface area contributed by atoms with Gasteiger partial charge in [-0.1, -0.05) is 97.3 Å². The first-order valence-electron chi connectivity index (χ1n) is 10.8. The molecule has 2 heteroatoms. The molecule has 1 aliphatic carbocycles. The smallest absolute Gasteiger partial charge is 0.0223 e. The van der Waals surface area contributed by atoms with Gasteiger partial charge in [0.2, 0.25) is 0 Å². The summed E-state index contributed by atoms with van der Waals surface area (Å²) in [6, 6.07) is 0. The van der Waals surface area contributed by atoms with E-state index < -0.39 is 0 Å². The van der Waals surface area contributed by atoms with Crippen molar-refractivity contribution in [3.05, 3.63) is 0 Å². The van der Waals surface area contributed by atoms with Crippen LogP contribution >= 0.6 is 11.6 Å². The van der Waals surface area contributed by atoms with Crippen LogP contribution in [0.3, 0.4) is 0 Å². The van der Waals surface area contributed by atoms with Crippen molar-refractivity contribution in [2.75, 3.05) is 5.88 Å². The molecular formula is C22H46ClN. The second-order valence-electron chi connectivity index (χ2n) is 8.03. The molecule has 0 radical (unpaired) electrons. The van der Waals surface area contributed by atoms with Crippen molar-refractivity contribution < 1.29 is 0 Å². The maximum atomic E-state index is 5.72. The molecule has 0 aromatic heterocycles. The van der Waals surface area contributed by atoms with Crippen LogP contribution in [0.5, 0.6) is 0 Å². The normalized spacial score (nSPS) is 16.1. The molecular weight excluding hydrogens is 314 g/mol. The number of halogens is 1.